The number of anilines is 2. The molecule has 0 atom stereocenters. The van der Waals surface area contributed by atoms with Crippen LogP contribution in [0.2, 0.25) is 0 Å². The Morgan fingerprint density at radius 1 is 1.15 bits per heavy atom. The molecule has 0 fully saturated rings. The van der Waals surface area contributed by atoms with Crippen molar-refractivity contribution in [2.45, 2.75) is 27.7 Å². The van der Waals surface area contributed by atoms with Crippen LogP contribution in [0.15, 0.2) is 40.1 Å². The Hall–Kier alpha value is -2.93. The molecule has 0 saturated carbocycles. The van der Waals surface area contributed by atoms with Crippen LogP contribution in [0.1, 0.15) is 35.7 Å². The molecule has 2 heterocycles. The second-order valence-electron chi connectivity index (χ2n) is 6.53. The number of rotatable bonds is 5. The van der Waals surface area contributed by atoms with Crippen molar-refractivity contribution in [1.82, 2.24) is 4.98 Å². The molecular formula is C20H21N3O3S. The van der Waals surface area contributed by atoms with E-state index in [1.807, 2.05) is 50.4 Å². The van der Waals surface area contributed by atoms with Gasteiger partial charge in [-0.15, -0.1) is 11.3 Å². The highest BCUT2D eigenvalue weighted by atomic mass is 32.1. The third-order valence-electron chi connectivity index (χ3n) is 4.02. The van der Waals surface area contributed by atoms with Crippen molar-refractivity contribution in [3.63, 3.8) is 0 Å². The molecule has 0 spiro atoms. The van der Waals surface area contributed by atoms with E-state index >= 15 is 0 Å². The zero-order valence-corrected chi connectivity index (χ0v) is 16.4. The number of carbonyl (C=O) groups is 2. The van der Waals surface area contributed by atoms with Crippen molar-refractivity contribution in [1.29, 1.82) is 0 Å². The van der Waals surface area contributed by atoms with Crippen molar-refractivity contribution in [3.05, 3.63) is 52.7 Å². The van der Waals surface area contributed by atoms with E-state index in [2.05, 4.69) is 15.6 Å². The number of aryl methyl sites for hydroxylation is 2. The van der Waals surface area contributed by atoms with Gasteiger partial charge in [0.25, 0.3) is 5.91 Å². The summed E-state index contributed by atoms with van der Waals surface area (Å²) in [5, 5.41) is 7.62. The third kappa shape index (κ3) is 4.25. The van der Waals surface area contributed by atoms with E-state index in [4.69, 9.17) is 4.42 Å². The summed E-state index contributed by atoms with van der Waals surface area (Å²) in [4.78, 5) is 29.8. The summed E-state index contributed by atoms with van der Waals surface area (Å²) in [5.74, 6) is 0.330. The Labute approximate surface area is 161 Å². The minimum Gasteiger partial charge on any atom is -0.440 e. The Morgan fingerprint density at radius 3 is 2.59 bits per heavy atom. The Morgan fingerprint density at radius 2 is 1.93 bits per heavy atom. The molecule has 3 aromatic rings. The van der Waals surface area contributed by atoms with Gasteiger partial charge in [-0.1, -0.05) is 26.0 Å². The van der Waals surface area contributed by atoms with Crippen LogP contribution in [0, 0.1) is 19.8 Å². The van der Waals surface area contributed by atoms with E-state index < -0.39 is 0 Å². The number of amides is 2. The fourth-order valence-electron chi connectivity index (χ4n) is 2.42. The average Bonchev–Trinajstić information content (AvgIpc) is 3.27. The molecule has 2 amide bonds. The highest BCUT2D eigenvalue weighted by Crippen LogP contribution is 2.27. The fourth-order valence-corrected chi connectivity index (χ4v) is 3.06. The second kappa shape index (κ2) is 7.75. The molecule has 0 aliphatic carbocycles. The number of aromatic nitrogens is 1. The molecule has 7 heteroatoms. The normalized spacial score (nSPS) is 10.9. The number of hydrogen-bond donors (Lipinski definition) is 2. The Bertz CT molecular complexity index is 975. The van der Waals surface area contributed by atoms with Crippen molar-refractivity contribution in [2.75, 3.05) is 10.6 Å². The van der Waals surface area contributed by atoms with Gasteiger partial charge in [-0.25, -0.2) is 4.98 Å². The van der Waals surface area contributed by atoms with Gasteiger partial charge < -0.3 is 15.1 Å². The van der Waals surface area contributed by atoms with E-state index in [1.54, 1.807) is 13.0 Å². The van der Waals surface area contributed by atoms with Crippen molar-refractivity contribution < 1.29 is 14.0 Å². The maximum Gasteiger partial charge on any atom is 0.277 e. The molecule has 0 radical (unpaired) electrons. The minimum absolute atomic E-state index is 0.0796. The summed E-state index contributed by atoms with van der Waals surface area (Å²) >= 11 is 1.50. The first kappa shape index (κ1) is 18.8. The van der Waals surface area contributed by atoms with Crippen LogP contribution in [0.3, 0.4) is 0 Å². The first-order chi connectivity index (χ1) is 12.8. The molecule has 140 valence electrons. The summed E-state index contributed by atoms with van der Waals surface area (Å²) < 4.78 is 5.63. The number of benzene rings is 1. The monoisotopic (exact) mass is 383 g/mol. The maximum atomic E-state index is 12.7. The van der Waals surface area contributed by atoms with Gasteiger partial charge in [0.15, 0.2) is 5.69 Å². The topological polar surface area (TPSA) is 84.2 Å². The lowest BCUT2D eigenvalue weighted by Crippen LogP contribution is -2.18. The second-order valence-corrected chi connectivity index (χ2v) is 7.48. The predicted octanol–water partition coefficient (Wildman–Crippen LogP) is 4.87. The SMILES string of the molecule is Cc1ccc(NC(=O)C(C)C)cc1NC(=O)c1nc(-c2cccs2)oc1C. The smallest absolute Gasteiger partial charge is 0.277 e. The first-order valence-electron chi connectivity index (χ1n) is 8.59. The largest absolute Gasteiger partial charge is 0.440 e. The van der Waals surface area contributed by atoms with Gasteiger partial charge >= 0.3 is 0 Å². The van der Waals surface area contributed by atoms with Crippen molar-refractivity contribution in [3.8, 4) is 10.8 Å². The number of nitrogens with zero attached hydrogens (tertiary/aromatic N) is 1. The van der Waals surface area contributed by atoms with Crippen molar-refractivity contribution >= 4 is 34.5 Å². The quantitative estimate of drug-likeness (QED) is 0.658. The standard InChI is InChI=1S/C20H21N3O3S/c1-11(2)18(24)21-14-8-7-12(3)15(10-14)22-19(25)17-13(4)26-20(23-17)16-6-5-9-27-16/h5-11H,1-4H3,(H,21,24)(H,22,25). The van der Waals surface area contributed by atoms with Gasteiger partial charge in [0.1, 0.15) is 5.76 Å². The molecule has 0 aliphatic heterocycles. The predicted molar refractivity (Wildman–Crippen MR) is 107 cm³/mol. The number of carbonyl (C=O) groups excluding carboxylic acids is 2. The molecule has 0 saturated heterocycles. The van der Waals surface area contributed by atoms with Crippen LogP contribution < -0.4 is 10.6 Å². The van der Waals surface area contributed by atoms with Gasteiger partial charge in [0, 0.05) is 17.3 Å². The molecule has 1 aromatic carbocycles. The highest BCUT2D eigenvalue weighted by Gasteiger charge is 2.19. The van der Waals surface area contributed by atoms with Crippen molar-refractivity contribution in [2.24, 2.45) is 5.92 Å². The maximum absolute atomic E-state index is 12.7. The summed E-state index contributed by atoms with van der Waals surface area (Å²) in [6.07, 6.45) is 0. The number of hydrogen-bond acceptors (Lipinski definition) is 5. The van der Waals surface area contributed by atoms with E-state index in [-0.39, 0.29) is 23.4 Å². The summed E-state index contributed by atoms with van der Waals surface area (Å²) in [7, 11) is 0. The van der Waals surface area contributed by atoms with E-state index in [0.29, 0.717) is 23.0 Å². The number of oxazole rings is 1. The summed E-state index contributed by atoms with van der Waals surface area (Å²) in [5.41, 5.74) is 2.37. The van der Waals surface area contributed by atoms with E-state index in [9.17, 15) is 9.59 Å². The molecule has 0 bridgehead atoms. The lowest BCUT2D eigenvalue weighted by Gasteiger charge is -2.12. The summed E-state index contributed by atoms with van der Waals surface area (Å²) in [6.45, 7) is 7.25. The Kier molecular flexibility index (Phi) is 5.41. The van der Waals surface area contributed by atoms with Crippen LogP contribution in [-0.2, 0) is 4.79 Å². The number of nitrogens with one attached hydrogen (secondary N) is 2. The van der Waals surface area contributed by atoms with Crippen LogP contribution >= 0.6 is 11.3 Å². The van der Waals surface area contributed by atoms with Crippen LogP contribution in [0.25, 0.3) is 10.8 Å². The van der Waals surface area contributed by atoms with Gasteiger partial charge in [0.05, 0.1) is 4.88 Å². The number of thiophene rings is 1. The molecule has 27 heavy (non-hydrogen) atoms. The minimum atomic E-state index is -0.352. The molecule has 6 nitrogen and oxygen atoms in total. The highest BCUT2D eigenvalue weighted by molar-refractivity contribution is 7.13. The molecular weight excluding hydrogens is 362 g/mol. The fraction of sp³-hybridized carbons (Fsp3) is 0.250. The van der Waals surface area contributed by atoms with Gasteiger partial charge in [0.2, 0.25) is 11.8 Å². The van der Waals surface area contributed by atoms with Crippen LogP contribution in [-0.4, -0.2) is 16.8 Å². The van der Waals surface area contributed by atoms with Crippen LogP contribution in [0.4, 0.5) is 11.4 Å². The third-order valence-corrected chi connectivity index (χ3v) is 4.88. The molecule has 2 N–H and O–H groups in total. The first-order valence-corrected chi connectivity index (χ1v) is 9.47. The van der Waals surface area contributed by atoms with Gasteiger partial charge in [-0.3, -0.25) is 9.59 Å². The zero-order valence-electron chi connectivity index (χ0n) is 15.6. The average molecular weight is 383 g/mol. The van der Waals surface area contributed by atoms with Gasteiger partial charge in [-0.05, 0) is 43.0 Å². The molecule has 0 aliphatic rings. The lowest BCUT2D eigenvalue weighted by molar-refractivity contribution is -0.118. The van der Waals surface area contributed by atoms with E-state index in [0.717, 1.165) is 10.4 Å². The zero-order chi connectivity index (χ0) is 19.6. The van der Waals surface area contributed by atoms with Crippen LogP contribution in [0.5, 0.6) is 0 Å². The lowest BCUT2D eigenvalue weighted by atomic mass is 10.1. The molecule has 0 unspecified atom stereocenters. The Balaban J connectivity index is 1.81. The van der Waals surface area contributed by atoms with E-state index in [1.165, 1.54) is 11.3 Å². The van der Waals surface area contributed by atoms with Gasteiger partial charge in [-0.2, -0.15) is 0 Å². The molecule has 2 aromatic heterocycles. The molecule has 3 rings (SSSR count). The summed E-state index contributed by atoms with van der Waals surface area (Å²) in [6, 6.07) is 9.19.